The van der Waals surface area contributed by atoms with Crippen LogP contribution in [0.1, 0.15) is 12.5 Å². The highest BCUT2D eigenvalue weighted by Crippen LogP contribution is 2.16. The number of ether oxygens (including phenoxy) is 2. The van der Waals surface area contributed by atoms with Gasteiger partial charge in [0.15, 0.2) is 0 Å². The first-order chi connectivity index (χ1) is 10.2. The van der Waals surface area contributed by atoms with Crippen LogP contribution in [0.5, 0.6) is 5.75 Å². The van der Waals surface area contributed by atoms with Crippen molar-refractivity contribution in [2.24, 2.45) is 11.8 Å². The Morgan fingerprint density at radius 1 is 1.32 bits per heavy atom. The van der Waals surface area contributed by atoms with Crippen LogP contribution >= 0.6 is 12.4 Å². The van der Waals surface area contributed by atoms with Gasteiger partial charge in [-0.25, -0.2) is 0 Å². The lowest BCUT2D eigenvalue weighted by Crippen LogP contribution is -2.49. The third kappa shape index (κ3) is 5.48. The number of rotatable bonds is 8. The normalized spacial score (nSPS) is 15.4. The molecular formula is C16H25ClN2O3. The lowest BCUT2D eigenvalue weighted by Gasteiger charge is -2.31. The zero-order chi connectivity index (χ0) is 15.1. The third-order valence-corrected chi connectivity index (χ3v) is 3.88. The van der Waals surface area contributed by atoms with Gasteiger partial charge in [0.25, 0.3) is 0 Å². The second-order valence-electron chi connectivity index (χ2n) is 5.41. The lowest BCUT2D eigenvalue weighted by molar-refractivity contribution is -0.126. The largest absolute Gasteiger partial charge is 0.491 e. The van der Waals surface area contributed by atoms with Crippen LogP contribution in [-0.2, 0) is 16.1 Å². The van der Waals surface area contributed by atoms with Gasteiger partial charge in [-0.3, -0.25) is 4.79 Å². The maximum Gasteiger partial charge on any atom is 0.223 e. The number of nitrogens with one attached hydrogen (secondary N) is 2. The van der Waals surface area contributed by atoms with Crippen LogP contribution in [0.25, 0.3) is 0 Å². The van der Waals surface area contributed by atoms with Crippen LogP contribution in [0, 0.1) is 11.8 Å². The summed E-state index contributed by atoms with van der Waals surface area (Å²) in [6.07, 6.45) is 0. The summed E-state index contributed by atoms with van der Waals surface area (Å²) >= 11 is 0. The van der Waals surface area contributed by atoms with E-state index in [1.165, 1.54) is 0 Å². The van der Waals surface area contributed by atoms with E-state index in [0.717, 1.165) is 24.4 Å². The Bertz CT molecular complexity index is 449. The van der Waals surface area contributed by atoms with Gasteiger partial charge in [-0.1, -0.05) is 19.1 Å². The Morgan fingerprint density at radius 3 is 2.55 bits per heavy atom. The Labute approximate surface area is 138 Å². The van der Waals surface area contributed by atoms with Crippen molar-refractivity contribution in [3.05, 3.63) is 29.8 Å². The van der Waals surface area contributed by atoms with Crippen LogP contribution in [0.3, 0.4) is 0 Å². The summed E-state index contributed by atoms with van der Waals surface area (Å²) in [5.41, 5.74) is 1.07. The molecule has 0 saturated carbocycles. The number of hydrogen-bond acceptors (Lipinski definition) is 4. The van der Waals surface area contributed by atoms with Crippen molar-refractivity contribution < 1.29 is 14.3 Å². The minimum Gasteiger partial charge on any atom is -0.491 e. The molecule has 1 unspecified atom stereocenters. The molecule has 0 spiro atoms. The molecule has 0 aliphatic carbocycles. The first kappa shape index (κ1) is 18.7. The number of benzene rings is 1. The van der Waals surface area contributed by atoms with Gasteiger partial charge in [-0.15, -0.1) is 12.4 Å². The Morgan fingerprint density at radius 2 is 2.00 bits per heavy atom. The third-order valence-electron chi connectivity index (χ3n) is 3.88. The van der Waals surface area contributed by atoms with Crippen molar-refractivity contribution in [2.45, 2.75) is 13.5 Å². The van der Waals surface area contributed by atoms with Gasteiger partial charge in [-0.05, 0) is 36.7 Å². The summed E-state index contributed by atoms with van der Waals surface area (Å²) in [4.78, 5) is 12.0. The molecule has 1 heterocycles. The van der Waals surface area contributed by atoms with E-state index in [0.29, 0.717) is 25.7 Å². The molecule has 1 fully saturated rings. The fourth-order valence-electron chi connectivity index (χ4n) is 2.18. The molecule has 1 aromatic carbocycles. The summed E-state index contributed by atoms with van der Waals surface area (Å²) in [5.74, 6) is 1.49. The van der Waals surface area contributed by atoms with E-state index in [4.69, 9.17) is 9.47 Å². The number of methoxy groups -OCH3 is 1. The number of hydrogen-bond donors (Lipinski definition) is 2. The lowest BCUT2D eigenvalue weighted by atomic mass is 9.88. The first-order valence-corrected chi connectivity index (χ1v) is 7.40. The van der Waals surface area contributed by atoms with E-state index >= 15 is 0 Å². The van der Waals surface area contributed by atoms with Crippen LogP contribution in [0.15, 0.2) is 24.3 Å². The highest BCUT2D eigenvalue weighted by Gasteiger charge is 2.28. The molecule has 0 bridgehead atoms. The topological polar surface area (TPSA) is 59.6 Å². The molecule has 0 radical (unpaired) electrons. The molecular weight excluding hydrogens is 304 g/mol. The molecule has 1 amide bonds. The minimum absolute atomic E-state index is 0. The molecule has 1 aromatic rings. The second-order valence-corrected chi connectivity index (χ2v) is 5.41. The number of carbonyl (C=O) groups excluding carboxylic acids is 1. The molecule has 1 aliphatic heterocycles. The van der Waals surface area contributed by atoms with Crippen molar-refractivity contribution in [1.82, 2.24) is 10.6 Å². The highest BCUT2D eigenvalue weighted by atomic mass is 35.5. The SMILES string of the molecule is COCCOc1ccc(CNC(=O)C(C)C2CNC2)cc1.Cl. The quantitative estimate of drug-likeness (QED) is 0.712. The Balaban J connectivity index is 0.00000242. The maximum atomic E-state index is 12.0. The Hall–Kier alpha value is -1.30. The standard InChI is InChI=1S/C16H24N2O3.ClH/c1-12(14-10-17-11-14)16(19)18-9-13-3-5-15(6-4-13)21-8-7-20-2;/h3-6,12,14,17H,7-11H2,1-2H3,(H,18,19);1H. The highest BCUT2D eigenvalue weighted by molar-refractivity contribution is 5.85. The van der Waals surface area contributed by atoms with Gasteiger partial charge in [0.05, 0.1) is 6.61 Å². The average Bonchev–Trinajstić information content (AvgIpc) is 2.44. The molecule has 22 heavy (non-hydrogen) atoms. The minimum atomic E-state index is 0. The van der Waals surface area contributed by atoms with E-state index in [1.807, 2.05) is 31.2 Å². The van der Waals surface area contributed by atoms with Crippen molar-refractivity contribution >= 4 is 18.3 Å². The molecule has 0 aromatic heterocycles. The van der Waals surface area contributed by atoms with Crippen molar-refractivity contribution in [3.63, 3.8) is 0 Å². The van der Waals surface area contributed by atoms with Crippen molar-refractivity contribution in [2.75, 3.05) is 33.4 Å². The average molecular weight is 329 g/mol. The second kappa shape index (κ2) is 9.66. The molecule has 1 atom stereocenters. The number of amides is 1. The smallest absolute Gasteiger partial charge is 0.223 e. The van der Waals surface area contributed by atoms with E-state index in [-0.39, 0.29) is 24.2 Å². The van der Waals surface area contributed by atoms with Crippen LogP contribution < -0.4 is 15.4 Å². The molecule has 2 N–H and O–H groups in total. The molecule has 1 saturated heterocycles. The molecule has 124 valence electrons. The zero-order valence-corrected chi connectivity index (χ0v) is 13.9. The van der Waals surface area contributed by atoms with Crippen LogP contribution in [0.4, 0.5) is 0 Å². The summed E-state index contributed by atoms with van der Waals surface area (Å²) in [6.45, 7) is 5.56. The zero-order valence-electron chi connectivity index (χ0n) is 13.1. The molecule has 2 rings (SSSR count). The van der Waals surface area contributed by atoms with E-state index in [2.05, 4.69) is 10.6 Å². The van der Waals surface area contributed by atoms with Crippen molar-refractivity contribution in [3.8, 4) is 5.75 Å². The predicted octanol–water partition coefficient (Wildman–Crippen LogP) is 1.61. The van der Waals surface area contributed by atoms with Gasteiger partial charge in [0.2, 0.25) is 5.91 Å². The van der Waals surface area contributed by atoms with Crippen molar-refractivity contribution in [1.29, 1.82) is 0 Å². The fraction of sp³-hybridized carbons (Fsp3) is 0.562. The maximum absolute atomic E-state index is 12.0. The van der Waals surface area contributed by atoms with E-state index in [1.54, 1.807) is 7.11 Å². The van der Waals surface area contributed by atoms with Gasteiger partial charge in [-0.2, -0.15) is 0 Å². The summed E-state index contributed by atoms with van der Waals surface area (Å²) in [5, 5.41) is 6.19. The molecule has 6 heteroatoms. The fourth-order valence-corrected chi connectivity index (χ4v) is 2.18. The van der Waals surface area contributed by atoms with Crippen LogP contribution in [0.2, 0.25) is 0 Å². The molecule has 1 aliphatic rings. The van der Waals surface area contributed by atoms with Gasteiger partial charge < -0.3 is 20.1 Å². The summed E-state index contributed by atoms with van der Waals surface area (Å²) < 4.78 is 10.4. The monoisotopic (exact) mass is 328 g/mol. The van der Waals surface area contributed by atoms with Gasteiger partial charge >= 0.3 is 0 Å². The molecule has 5 nitrogen and oxygen atoms in total. The van der Waals surface area contributed by atoms with E-state index in [9.17, 15) is 4.79 Å². The summed E-state index contributed by atoms with van der Waals surface area (Å²) in [6, 6.07) is 7.77. The number of carbonyl (C=O) groups is 1. The first-order valence-electron chi connectivity index (χ1n) is 7.40. The Kier molecular flexibility index (Phi) is 8.24. The van der Waals surface area contributed by atoms with Gasteiger partial charge in [0.1, 0.15) is 12.4 Å². The predicted molar refractivity (Wildman–Crippen MR) is 88.4 cm³/mol. The number of halogens is 1. The van der Waals surface area contributed by atoms with Crippen LogP contribution in [-0.4, -0.2) is 39.3 Å². The van der Waals surface area contributed by atoms with Gasteiger partial charge in [0, 0.05) is 19.6 Å². The van der Waals surface area contributed by atoms with E-state index < -0.39 is 0 Å². The summed E-state index contributed by atoms with van der Waals surface area (Å²) in [7, 11) is 1.65.